The third-order valence-corrected chi connectivity index (χ3v) is 4.09. The predicted molar refractivity (Wildman–Crippen MR) is 82.0 cm³/mol. The van der Waals surface area contributed by atoms with Crippen molar-refractivity contribution >= 4 is 43.6 Å². The molecule has 0 saturated carbocycles. The fraction of sp³-hybridized carbons (Fsp3) is 0.231. The first-order chi connectivity index (χ1) is 8.67. The summed E-state index contributed by atoms with van der Waals surface area (Å²) in [6.07, 6.45) is 1.96. The third kappa shape index (κ3) is 4.07. The van der Waals surface area contributed by atoms with E-state index in [-0.39, 0.29) is 0 Å². The van der Waals surface area contributed by atoms with E-state index >= 15 is 0 Å². The number of rotatable bonds is 4. The Hall–Kier alpha value is -0.390. The molecule has 5 heteroatoms. The van der Waals surface area contributed by atoms with Gasteiger partial charge in [-0.25, -0.2) is 9.97 Å². The van der Waals surface area contributed by atoms with Gasteiger partial charge in [-0.05, 0) is 46.6 Å². The van der Waals surface area contributed by atoms with Crippen LogP contribution in [0.2, 0.25) is 0 Å². The van der Waals surface area contributed by atoms with E-state index in [4.69, 9.17) is 0 Å². The number of halogens is 2. The first kappa shape index (κ1) is 14.0. The second kappa shape index (κ2) is 6.68. The van der Waals surface area contributed by atoms with Crippen LogP contribution in [0.4, 0.5) is 0 Å². The molecular weight excluding hydrogens is 376 g/mol. The van der Waals surface area contributed by atoms with Crippen molar-refractivity contribution in [1.82, 2.24) is 9.97 Å². The molecule has 0 aliphatic rings. The van der Waals surface area contributed by atoms with Crippen LogP contribution in [-0.2, 0) is 6.42 Å². The molecule has 1 aromatic heterocycles. The molecule has 0 N–H and O–H groups in total. The van der Waals surface area contributed by atoms with Gasteiger partial charge >= 0.3 is 0 Å². The molecule has 94 valence electrons. The normalized spacial score (nSPS) is 10.6. The van der Waals surface area contributed by atoms with Crippen LogP contribution in [0.5, 0.6) is 0 Å². The molecule has 1 aromatic carbocycles. The van der Waals surface area contributed by atoms with E-state index < -0.39 is 0 Å². The van der Waals surface area contributed by atoms with Crippen molar-refractivity contribution in [3.05, 3.63) is 45.2 Å². The Morgan fingerprint density at radius 3 is 2.50 bits per heavy atom. The Morgan fingerprint density at radius 1 is 1.11 bits per heavy atom. The number of nitrogens with zero attached hydrogens (tertiary/aromatic N) is 2. The van der Waals surface area contributed by atoms with Crippen molar-refractivity contribution in [2.75, 3.05) is 0 Å². The Kier molecular flexibility index (Phi) is 5.21. The topological polar surface area (TPSA) is 25.8 Å². The molecule has 2 aromatic rings. The smallest absolute Gasteiger partial charge is 0.130 e. The maximum Gasteiger partial charge on any atom is 0.130 e. The summed E-state index contributed by atoms with van der Waals surface area (Å²) in [6, 6.07) is 10.2. The summed E-state index contributed by atoms with van der Waals surface area (Å²) in [6.45, 7) is 2.13. The summed E-state index contributed by atoms with van der Waals surface area (Å²) in [7, 11) is 0. The lowest BCUT2D eigenvalue weighted by atomic mass is 10.3. The quantitative estimate of drug-likeness (QED) is 0.682. The molecule has 0 fully saturated rings. The Labute approximate surface area is 128 Å². The fourth-order valence-electron chi connectivity index (χ4n) is 1.45. The minimum Gasteiger partial charge on any atom is -0.226 e. The monoisotopic (exact) mass is 386 g/mol. The number of benzene rings is 1. The molecule has 18 heavy (non-hydrogen) atoms. The van der Waals surface area contributed by atoms with Gasteiger partial charge in [0.1, 0.15) is 15.5 Å². The lowest BCUT2D eigenvalue weighted by molar-refractivity contribution is 0.803. The SMILES string of the molecule is CCCc1nc(Br)cc(Sc2ccc(Br)cc2)n1. The molecule has 2 rings (SSSR count). The summed E-state index contributed by atoms with van der Waals surface area (Å²) in [5.74, 6) is 0.895. The minimum absolute atomic E-state index is 0.848. The molecule has 0 spiro atoms. The lowest BCUT2D eigenvalue weighted by Gasteiger charge is -2.04. The minimum atomic E-state index is 0.848. The highest BCUT2D eigenvalue weighted by Gasteiger charge is 2.04. The maximum absolute atomic E-state index is 4.55. The molecule has 0 aliphatic carbocycles. The van der Waals surface area contributed by atoms with Crippen LogP contribution < -0.4 is 0 Å². The highest BCUT2D eigenvalue weighted by Crippen LogP contribution is 2.28. The molecule has 0 bridgehead atoms. The molecule has 2 nitrogen and oxygen atoms in total. The highest BCUT2D eigenvalue weighted by atomic mass is 79.9. The fourth-order valence-corrected chi connectivity index (χ4v) is 3.13. The van der Waals surface area contributed by atoms with Crippen LogP contribution in [0.25, 0.3) is 0 Å². The van der Waals surface area contributed by atoms with Gasteiger partial charge in [0.2, 0.25) is 0 Å². The van der Waals surface area contributed by atoms with Gasteiger partial charge in [0.05, 0.1) is 0 Å². The molecule has 0 saturated heterocycles. The zero-order chi connectivity index (χ0) is 13.0. The summed E-state index contributed by atoms with van der Waals surface area (Å²) in [4.78, 5) is 10.1. The van der Waals surface area contributed by atoms with Crippen molar-refractivity contribution in [2.45, 2.75) is 29.7 Å². The second-order valence-electron chi connectivity index (χ2n) is 3.75. The van der Waals surface area contributed by atoms with Gasteiger partial charge in [0.25, 0.3) is 0 Å². The summed E-state index contributed by atoms with van der Waals surface area (Å²) in [5.41, 5.74) is 0. The third-order valence-electron chi connectivity index (χ3n) is 2.23. The van der Waals surface area contributed by atoms with Crippen LogP contribution in [0.3, 0.4) is 0 Å². The molecule has 1 heterocycles. The molecule has 0 aliphatic heterocycles. The Balaban J connectivity index is 2.20. The molecule has 0 radical (unpaired) electrons. The molecular formula is C13H12Br2N2S. The maximum atomic E-state index is 4.55. The standard InChI is InChI=1S/C13H12Br2N2S/c1-2-3-12-16-11(15)8-13(17-12)18-10-6-4-9(14)5-7-10/h4-8H,2-3H2,1H3. The zero-order valence-corrected chi connectivity index (χ0v) is 13.8. The predicted octanol–water partition coefficient (Wildman–Crippen LogP) is 5.11. The van der Waals surface area contributed by atoms with Gasteiger partial charge in [-0.1, -0.05) is 34.6 Å². The van der Waals surface area contributed by atoms with Crippen molar-refractivity contribution < 1.29 is 0 Å². The van der Waals surface area contributed by atoms with Crippen LogP contribution in [-0.4, -0.2) is 9.97 Å². The molecule has 0 atom stereocenters. The van der Waals surface area contributed by atoms with E-state index in [1.54, 1.807) is 11.8 Å². The van der Waals surface area contributed by atoms with Crippen molar-refractivity contribution in [1.29, 1.82) is 0 Å². The summed E-state index contributed by atoms with van der Waals surface area (Å²) in [5, 5.41) is 0.975. The van der Waals surface area contributed by atoms with Crippen LogP contribution in [0.1, 0.15) is 19.2 Å². The number of hydrogen-bond acceptors (Lipinski definition) is 3. The van der Waals surface area contributed by atoms with Gasteiger partial charge < -0.3 is 0 Å². The molecule has 0 unspecified atom stereocenters. The van der Waals surface area contributed by atoms with Gasteiger partial charge in [-0.2, -0.15) is 0 Å². The number of aromatic nitrogens is 2. The van der Waals surface area contributed by atoms with E-state index in [2.05, 4.69) is 60.9 Å². The summed E-state index contributed by atoms with van der Waals surface area (Å²) >= 11 is 8.52. The number of hydrogen-bond donors (Lipinski definition) is 0. The Bertz CT molecular complexity index is 529. The largest absolute Gasteiger partial charge is 0.226 e. The highest BCUT2D eigenvalue weighted by molar-refractivity contribution is 9.10. The van der Waals surface area contributed by atoms with E-state index in [0.717, 1.165) is 32.8 Å². The van der Waals surface area contributed by atoms with E-state index in [9.17, 15) is 0 Å². The van der Waals surface area contributed by atoms with Gasteiger partial charge in [0, 0.05) is 21.9 Å². The van der Waals surface area contributed by atoms with Crippen LogP contribution in [0, 0.1) is 0 Å². The van der Waals surface area contributed by atoms with Crippen molar-refractivity contribution in [2.24, 2.45) is 0 Å². The van der Waals surface area contributed by atoms with Crippen LogP contribution in [0.15, 0.2) is 49.3 Å². The van der Waals surface area contributed by atoms with Crippen molar-refractivity contribution in [3.8, 4) is 0 Å². The number of aryl methyl sites for hydroxylation is 1. The first-order valence-electron chi connectivity index (χ1n) is 5.64. The second-order valence-corrected chi connectivity index (χ2v) is 6.57. The van der Waals surface area contributed by atoms with Crippen LogP contribution >= 0.6 is 43.6 Å². The molecule has 0 amide bonds. The van der Waals surface area contributed by atoms with E-state index in [1.165, 1.54) is 4.90 Å². The van der Waals surface area contributed by atoms with E-state index in [0.29, 0.717) is 0 Å². The lowest BCUT2D eigenvalue weighted by Crippen LogP contribution is -1.96. The van der Waals surface area contributed by atoms with E-state index in [1.807, 2.05) is 18.2 Å². The van der Waals surface area contributed by atoms with Crippen molar-refractivity contribution in [3.63, 3.8) is 0 Å². The summed E-state index contributed by atoms with van der Waals surface area (Å²) < 4.78 is 1.93. The van der Waals surface area contributed by atoms with Gasteiger partial charge in [-0.3, -0.25) is 0 Å². The average molecular weight is 388 g/mol. The Morgan fingerprint density at radius 2 is 1.83 bits per heavy atom. The zero-order valence-electron chi connectivity index (χ0n) is 9.86. The van der Waals surface area contributed by atoms with Gasteiger partial charge in [-0.15, -0.1) is 0 Å². The van der Waals surface area contributed by atoms with Gasteiger partial charge in [0.15, 0.2) is 0 Å². The first-order valence-corrected chi connectivity index (χ1v) is 8.04. The average Bonchev–Trinajstić information content (AvgIpc) is 2.32.